The molecule has 4 rings (SSSR count). The minimum Gasteiger partial charge on any atom is -0.482 e. The van der Waals surface area contributed by atoms with Crippen molar-refractivity contribution in [2.45, 2.75) is 12.8 Å². The van der Waals surface area contributed by atoms with Gasteiger partial charge in [0, 0.05) is 16.7 Å². The number of benzene rings is 2. The van der Waals surface area contributed by atoms with Crippen molar-refractivity contribution in [2.75, 3.05) is 6.61 Å². The van der Waals surface area contributed by atoms with Crippen LogP contribution in [0.1, 0.15) is 22.8 Å². The predicted octanol–water partition coefficient (Wildman–Crippen LogP) is 4.44. The molecule has 0 aliphatic carbocycles. The van der Waals surface area contributed by atoms with Gasteiger partial charge in [0.1, 0.15) is 34.7 Å². The van der Waals surface area contributed by atoms with Crippen molar-refractivity contribution in [3.05, 3.63) is 88.2 Å². The first-order valence-electron chi connectivity index (χ1n) is 9.31. The Morgan fingerprint density at radius 1 is 1.26 bits per heavy atom. The quantitative estimate of drug-likeness (QED) is 0.465. The monoisotopic (exact) mass is 436 g/mol. The fraction of sp³-hybridized carbons (Fsp3) is 0.130. The molecule has 1 aromatic heterocycles. The molecule has 2 N–H and O–H groups in total. The number of halogens is 1. The van der Waals surface area contributed by atoms with Gasteiger partial charge in [-0.15, -0.1) is 0 Å². The third kappa shape index (κ3) is 4.20. The van der Waals surface area contributed by atoms with Crippen molar-refractivity contribution >= 4 is 17.6 Å². The number of allylic oxidation sites excluding steroid dienone is 1. The lowest BCUT2D eigenvalue weighted by Crippen LogP contribution is -2.21. The lowest BCUT2D eigenvalue weighted by Gasteiger charge is -2.25. The molecule has 2 heterocycles. The number of nitriles is 1. The van der Waals surface area contributed by atoms with E-state index in [1.54, 1.807) is 42.5 Å². The maximum absolute atomic E-state index is 12.2. The molecule has 1 unspecified atom stereocenters. The number of fused-ring (bicyclic) bond motifs is 1. The van der Waals surface area contributed by atoms with Crippen LogP contribution in [0, 0.1) is 18.3 Å². The van der Waals surface area contributed by atoms with Gasteiger partial charge >= 0.3 is 5.97 Å². The molecule has 31 heavy (non-hydrogen) atoms. The number of furan rings is 1. The number of hydrogen-bond donors (Lipinski definition) is 1. The van der Waals surface area contributed by atoms with Crippen LogP contribution in [0.5, 0.6) is 17.2 Å². The van der Waals surface area contributed by atoms with Crippen LogP contribution in [0.3, 0.4) is 0 Å². The fourth-order valence-corrected chi connectivity index (χ4v) is 3.55. The molecule has 8 heteroatoms. The van der Waals surface area contributed by atoms with Crippen LogP contribution in [0.25, 0.3) is 0 Å². The van der Waals surface area contributed by atoms with Crippen molar-refractivity contribution in [3.8, 4) is 23.3 Å². The molecule has 156 valence electrons. The van der Waals surface area contributed by atoms with Crippen LogP contribution in [-0.2, 0) is 4.79 Å². The zero-order chi connectivity index (χ0) is 22.0. The zero-order valence-corrected chi connectivity index (χ0v) is 17.2. The Balaban J connectivity index is 1.51. The normalized spacial score (nSPS) is 14.9. The largest absolute Gasteiger partial charge is 0.482 e. The number of aryl methyl sites for hydroxylation is 1. The van der Waals surface area contributed by atoms with Gasteiger partial charge in [0.05, 0.1) is 12.2 Å². The summed E-state index contributed by atoms with van der Waals surface area (Å²) in [6.45, 7) is 1.55. The molecule has 0 fully saturated rings. The fourth-order valence-electron chi connectivity index (χ4n) is 3.32. The Hall–Kier alpha value is -3.89. The van der Waals surface area contributed by atoms with Crippen molar-refractivity contribution < 1.29 is 23.4 Å². The van der Waals surface area contributed by atoms with Crippen molar-refractivity contribution in [1.82, 2.24) is 0 Å². The van der Waals surface area contributed by atoms with Crippen molar-refractivity contribution in [3.63, 3.8) is 0 Å². The van der Waals surface area contributed by atoms with Gasteiger partial charge < -0.3 is 24.4 Å². The maximum Gasteiger partial charge on any atom is 0.349 e. The van der Waals surface area contributed by atoms with Crippen LogP contribution >= 0.6 is 11.6 Å². The molecular formula is C23H17ClN2O5. The summed E-state index contributed by atoms with van der Waals surface area (Å²) in [4.78, 5) is 12.2. The van der Waals surface area contributed by atoms with Gasteiger partial charge in [0.2, 0.25) is 5.88 Å². The second kappa shape index (κ2) is 8.46. The highest BCUT2D eigenvalue weighted by molar-refractivity contribution is 6.30. The Morgan fingerprint density at radius 2 is 2.10 bits per heavy atom. The first kappa shape index (κ1) is 20.4. The standard InChI is InChI=1S/C23H17ClN2O5/c1-13-9-14(24)4-7-18(13)29-12-21(27)30-15-5-6-16-20(10-15)31-23(26)17(11-25)22(16)19-3-2-8-28-19/h2-10,22H,12,26H2,1H3. The summed E-state index contributed by atoms with van der Waals surface area (Å²) in [7, 11) is 0. The number of esters is 1. The maximum atomic E-state index is 12.2. The Bertz CT molecular complexity index is 1210. The molecule has 0 saturated heterocycles. The average Bonchev–Trinajstić information content (AvgIpc) is 3.26. The lowest BCUT2D eigenvalue weighted by molar-refractivity contribution is -0.136. The van der Waals surface area contributed by atoms with Gasteiger partial charge in [0.15, 0.2) is 6.61 Å². The summed E-state index contributed by atoms with van der Waals surface area (Å²) in [6, 6.07) is 15.5. The van der Waals surface area contributed by atoms with E-state index in [0.717, 1.165) is 5.56 Å². The van der Waals surface area contributed by atoms with E-state index in [2.05, 4.69) is 6.07 Å². The minimum absolute atomic E-state index is 0.0265. The van der Waals surface area contributed by atoms with E-state index in [-0.39, 0.29) is 23.8 Å². The number of carbonyl (C=O) groups is 1. The van der Waals surface area contributed by atoms with Gasteiger partial charge in [-0.05, 0) is 48.9 Å². The SMILES string of the molecule is Cc1cc(Cl)ccc1OCC(=O)Oc1ccc2c(c1)OC(N)=C(C#N)C2c1ccco1. The van der Waals surface area contributed by atoms with Crippen LogP contribution in [0.15, 0.2) is 70.7 Å². The van der Waals surface area contributed by atoms with E-state index in [1.165, 1.54) is 12.3 Å². The van der Waals surface area contributed by atoms with Crippen LogP contribution in [0.2, 0.25) is 5.02 Å². The summed E-state index contributed by atoms with van der Waals surface area (Å²) in [5, 5.41) is 10.1. The molecular weight excluding hydrogens is 420 g/mol. The second-order valence-electron chi connectivity index (χ2n) is 6.81. The summed E-state index contributed by atoms with van der Waals surface area (Å²) in [5.74, 6) is 0.600. The molecule has 2 aromatic carbocycles. The van der Waals surface area contributed by atoms with Crippen LogP contribution in [-0.4, -0.2) is 12.6 Å². The van der Waals surface area contributed by atoms with Crippen molar-refractivity contribution in [1.29, 1.82) is 5.26 Å². The number of rotatable bonds is 5. The van der Waals surface area contributed by atoms with E-state index in [0.29, 0.717) is 27.8 Å². The third-order valence-corrected chi connectivity index (χ3v) is 4.97. The highest BCUT2D eigenvalue weighted by Crippen LogP contribution is 2.43. The molecule has 0 radical (unpaired) electrons. The molecule has 1 aliphatic heterocycles. The molecule has 7 nitrogen and oxygen atoms in total. The number of nitrogens with two attached hydrogens (primary N) is 1. The Kier molecular flexibility index (Phi) is 5.56. The smallest absolute Gasteiger partial charge is 0.349 e. The van der Waals surface area contributed by atoms with Gasteiger partial charge in [0.25, 0.3) is 0 Å². The van der Waals surface area contributed by atoms with Gasteiger partial charge in [-0.1, -0.05) is 17.7 Å². The van der Waals surface area contributed by atoms with Gasteiger partial charge in [-0.3, -0.25) is 0 Å². The summed E-state index contributed by atoms with van der Waals surface area (Å²) in [6.07, 6.45) is 1.52. The average molecular weight is 437 g/mol. The zero-order valence-electron chi connectivity index (χ0n) is 16.4. The Labute approximate surface area is 183 Å². The number of nitrogens with zero attached hydrogens (tertiary/aromatic N) is 1. The topological polar surface area (TPSA) is 108 Å². The van der Waals surface area contributed by atoms with Gasteiger partial charge in [-0.25, -0.2) is 4.79 Å². The molecule has 0 saturated carbocycles. The first-order valence-corrected chi connectivity index (χ1v) is 9.68. The predicted molar refractivity (Wildman–Crippen MR) is 112 cm³/mol. The van der Waals surface area contributed by atoms with E-state index < -0.39 is 11.9 Å². The lowest BCUT2D eigenvalue weighted by atomic mass is 9.87. The first-order chi connectivity index (χ1) is 15.0. The molecule has 0 spiro atoms. The highest BCUT2D eigenvalue weighted by Gasteiger charge is 2.32. The number of ether oxygens (including phenoxy) is 3. The summed E-state index contributed by atoms with van der Waals surface area (Å²) in [5.41, 5.74) is 7.68. The van der Waals surface area contributed by atoms with E-state index >= 15 is 0 Å². The third-order valence-electron chi connectivity index (χ3n) is 4.73. The highest BCUT2D eigenvalue weighted by atomic mass is 35.5. The molecule has 0 bridgehead atoms. The van der Waals surface area contributed by atoms with E-state index in [1.807, 2.05) is 6.92 Å². The van der Waals surface area contributed by atoms with E-state index in [9.17, 15) is 10.1 Å². The van der Waals surface area contributed by atoms with Crippen LogP contribution < -0.4 is 19.9 Å². The van der Waals surface area contributed by atoms with Gasteiger partial charge in [-0.2, -0.15) is 5.26 Å². The van der Waals surface area contributed by atoms with Crippen LogP contribution in [0.4, 0.5) is 0 Å². The number of hydrogen-bond acceptors (Lipinski definition) is 7. The molecule has 3 aromatic rings. The Morgan fingerprint density at radius 3 is 2.81 bits per heavy atom. The number of carbonyl (C=O) groups excluding carboxylic acids is 1. The summed E-state index contributed by atoms with van der Waals surface area (Å²) >= 11 is 5.92. The second-order valence-corrected chi connectivity index (χ2v) is 7.25. The van der Waals surface area contributed by atoms with E-state index in [4.69, 9.17) is 36.0 Å². The van der Waals surface area contributed by atoms with Crippen molar-refractivity contribution in [2.24, 2.45) is 5.73 Å². The molecule has 0 amide bonds. The molecule has 1 aliphatic rings. The molecule has 1 atom stereocenters. The summed E-state index contributed by atoms with van der Waals surface area (Å²) < 4.78 is 22.0. The minimum atomic E-state index is -0.589.